The average molecular weight is 493 g/mol. The number of fused-ring (bicyclic) bond motifs is 1. The van der Waals surface area contributed by atoms with E-state index in [-0.39, 0.29) is 5.91 Å². The number of amides is 1. The molecular formula is C29H24N4O2S. The van der Waals surface area contributed by atoms with Crippen molar-refractivity contribution < 1.29 is 9.53 Å². The van der Waals surface area contributed by atoms with Crippen LogP contribution < -0.4 is 10.1 Å². The minimum absolute atomic E-state index is 0.0625. The lowest BCUT2D eigenvalue weighted by atomic mass is 10.1. The molecule has 5 aromatic rings. The van der Waals surface area contributed by atoms with Crippen LogP contribution >= 0.6 is 11.8 Å². The molecular weight excluding hydrogens is 468 g/mol. The van der Waals surface area contributed by atoms with Crippen molar-refractivity contribution in [2.24, 2.45) is 0 Å². The zero-order valence-electron chi connectivity index (χ0n) is 19.6. The summed E-state index contributed by atoms with van der Waals surface area (Å²) in [4.78, 5) is 19.0. The van der Waals surface area contributed by atoms with E-state index in [1.807, 2.05) is 78.9 Å². The number of pyridine rings is 1. The summed E-state index contributed by atoms with van der Waals surface area (Å²) in [6.45, 7) is 0. The number of ether oxygens (including phenoxy) is 1. The molecule has 6 nitrogen and oxygen atoms in total. The van der Waals surface area contributed by atoms with Gasteiger partial charge in [-0.05, 0) is 78.4 Å². The Morgan fingerprint density at radius 1 is 0.972 bits per heavy atom. The summed E-state index contributed by atoms with van der Waals surface area (Å²) in [5.74, 6) is 0.710. The average Bonchev–Trinajstić information content (AvgIpc) is 3.31. The van der Waals surface area contributed by atoms with E-state index in [1.165, 1.54) is 0 Å². The first-order chi connectivity index (χ1) is 17.7. The Morgan fingerprint density at radius 2 is 1.83 bits per heavy atom. The van der Waals surface area contributed by atoms with Gasteiger partial charge in [0.05, 0.1) is 30.4 Å². The lowest BCUT2D eigenvalue weighted by molar-refractivity contribution is -0.115. The number of anilines is 1. The van der Waals surface area contributed by atoms with Crippen LogP contribution in [0, 0.1) is 0 Å². The molecule has 0 radical (unpaired) electrons. The van der Waals surface area contributed by atoms with E-state index in [4.69, 9.17) is 4.74 Å². The van der Waals surface area contributed by atoms with Crippen LogP contribution in [0.4, 0.5) is 5.69 Å². The fraction of sp³-hybridized carbons (Fsp3) is 0.0690. The number of hydrogen-bond acceptors (Lipinski definition) is 5. The molecule has 0 saturated carbocycles. The number of hydrogen-bond donors (Lipinski definition) is 2. The Bertz CT molecular complexity index is 1510. The van der Waals surface area contributed by atoms with Crippen molar-refractivity contribution in [3.05, 3.63) is 108 Å². The van der Waals surface area contributed by atoms with E-state index in [0.717, 1.165) is 49.1 Å². The van der Waals surface area contributed by atoms with Gasteiger partial charge in [0.25, 0.3) is 0 Å². The third-order valence-corrected chi connectivity index (χ3v) is 6.52. The number of carbonyl (C=O) groups excluding carboxylic acids is 1. The Morgan fingerprint density at radius 3 is 2.64 bits per heavy atom. The van der Waals surface area contributed by atoms with Crippen LogP contribution in [-0.2, 0) is 11.2 Å². The van der Waals surface area contributed by atoms with Crippen molar-refractivity contribution in [3.63, 3.8) is 0 Å². The van der Waals surface area contributed by atoms with Gasteiger partial charge in [-0.1, -0.05) is 36.0 Å². The molecule has 3 aromatic carbocycles. The van der Waals surface area contributed by atoms with Crippen molar-refractivity contribution in [2.75, 3.05) is 12.4 Å². The number of nitrogens with one attached hydrogen (secondary N) is 2. The van der Waals surface area contributed by atoms with E-state index >= 15 is 0 Å². The van der Waals surface area contributed by atoms with Crippen LogP contribution in [-0.4, -0.2) is 28.2 Å². The maximum absolute atomic E-state index is 12.5. The Kier molecular flexibility index (Phi) is 7.10. The second-order valence-electron chi connectivity index (χ2n) is 8.11. The highest BCUT2D eigenvalue weighted by molar-refractivity contribution is 7.99. The van der Waals surface area contributed by atoms with E-state index in [9.17, 15) is 4.79 Å². The van der Waals surface area contributed by atoms with Gasteiger partial charge in [-0.15, -0.1) is 0 Å². The SMILES string of the molecule is COc1ccc(CC(=O)Nc2cccc(Sc3ccc4c(/C=C/c5ccccn5)n[nH]c4c3)c2)cc1. The molecule has 5 rings (SSSR count). The molecule has 1 amide bonds. The molecule has 0 saturated heterocycles. The molecule has 0 spiro atoms. The van der Waals surface area contributed by atoms with E-state index in [1.54, 1.807) is 25.1 Å². The molecule has 0 aliphatic rings. The molecule has 7 heteroatoms. The lowest BCUT2D eigenvalue weighted by Crippen LogP contribution is -2.14. The second-order valence-corrected chi connectivity index (χ2v) is 9.25. The molecule has 0 atom stereocenters. The second kappa shape index (κ2) is 10.9. The molecule has 0 unspecified atom stereocenters. The van der Waals surface area contributed by atoms with E-state index in [0.29, 0.717) is 6.42 Å². The van der Waals surface area contributed by atoms with Gasteiger partial charge in [0, 0.05) is 27.1 Å². The highest BCUT2D eigenvalue weighted by Crippen LogP contribution is 2.32. The minimum Gasteiger partial charge on any atom is -0.497 e. The van der Waals surface area contributed by atoms with Crippen LogP contribution in [0.15, 0.2) is 101 Å². The monoisotopic (exact) mass is 492 g/mol. The van der Waals surface area contributed by atoms with E-state index < -0.39 is 0 Å². The Hall–Kier alpha value is -4.36. The van der Waals surface area contributed by atoms with Gasteiger partial charge >= 0.3 is 0 Å². The smallest absolute Gasteiger partial charge is 0.228 e. The third-order valence-electron chi connectivity index (χ3n) is 5.54. The quantitative estimate of drug-likeness (QED) is 0.260. The van der Waals surface area contributed by atoms with Crippen molar-refractivity contribution in [1.82, 2.24) is 15.2 Å². The Balaban J connectivity index is 1.24. The van der Waals surface area contributed by atoms with Crippen LogP contribution in [0.1, 0.15) is 17.0 Å². The molecule has 0 aliphatic carbocycles. The van der Waals surface area contributed by atoms with E-state index in [2.05, 4.69) is 38.7 Å². The van der Waals surface area contributed by atoms with Crippen molar-refractivity contribution in [3.8, 4) is 5.75 Å². The third kappa shape index (κ3) is 5.82. The zero-order chi connectivity index (χ0) is 24.7. The summed E-state index contributed by atoms with van der Waals surface area (Å²) in [5.41, 5.74) is 4.42. The standard InChI is InChI=1S/C29H24N4O2S/c1-35-23-11-8-20(9-12-23)17-29(34)31-22-6-4-7-24(18-22)36-25-13-14-26-27(32-33-28(26)19-25)15-10-21-5-2-3-16-30-21/h2-16,18-19H,17H2,1H3,(H,31,34)(H,32,33)/b15-10+. The molecule has 0 fully saturated rings. The van der Waals surface area contributed by atoms with Gasteiger partial charge < -0.3 is 10.1 Å². The largest absolute Gasteiger partial charge is 0.497 e. The molecule has 0 aliphatic heterocycles. The summed E-state index contributed by atoms with van der Waals surface area (Å²) in [6, 6.07) is 27.4. The Labute approximate surface area is 213 Å². The van der Waals surface area contributed by atoms with Gasteiger partial charge in [-0.2, -0.15) is 5.10 Å². The van der Waals surface area contributed by atoms with Gasteiger partial charge in [0.1, 0.15) is 5.75 Å². The minimum atomic E-state index is -0.0625. The lowest BCUT2D eigenvalue weighted by Gasteiger charge is -2.08. The summed E-state index contributed by atoms with van der Waals surface area (Å²) >= 11 is 1.63. The fourth-order valence-corrected chi connectivity index (χ4v) is 4.67. The first-order valence-electron chi connectivity index (χ1n) is 11.4. The van der Waals surface area contributed by atoms with Gasteiger partial charge in [0.2, 0.25) is 5.91 Å². The number of aromatic amines is 1. The molecule has 2 aromatic heterocycles. The summed E-state index contributed by atoms with van der Waals surface area (Å²) in [5, 5.41) is 11.6. The van der Waals surface area contributed by atoms with Crippen molar-refractivity contribution in [2.45, 2.75) is 16.2 Å². The summed E-state index contributed by atoms with van der Waals surface area (Å²) in [6.07, 6.45) is 5.99. The molecule has 2 heterocycles. The zero-order valence-corrected chi connectivity index (χ0v) is 20.5. The number of benzene rings is 3. The number of aromatic nitrogens is 3. The number of rotatable bonds is 8. The van der Waals surface area contributed by atoms with Gasteiger partial charge in [-0.25, -0.2) is 0 Å². The number of nitrogens with zero attached hydrogens (tertiary/aromatic N) is 2. The maximum Gasteiger partial charge on any atom is 0.228 e. The van der Waals surface area contributed by atoms with Crippen LogP contribution in [0.25, 0.3) is 23.1 Å². The molecule has 2 N–H and O–H groups in total. The van der Waals surface area contributed by atoms with Crippen LogP contribution in [0.2, 0.25) is 0 Å². The maximum atomic E-state index is 12.5. The highest BCUT2D eigenvalue weighted by Gasteiger charge is 2.08. The normalized spacial score (nSPS) is 11.1. The molecule has 36 heavy (non-hydrogen) atoms. The van der Waals surface area contributed by atoms with Crippen LogP contribution in [0.5, 0.6) is 5.75 Å². The number of carbonyl (C=O) groups is 1. The number of methoxy groups -OCH3 is 1. The van der Waals surface area contributed by atoms with Gasteiger partial charge in [0.15, 0.2) is 0 Å². The molecule has 0 bridgehead atoms. The topological polar surface area (TPSA) is 79.9 Å². The van der Waals surface area contributed by atoms with Crippen molar-refractivity contribution >= 4 is 46.4 Å². The first kappa shape index (κ1) is 23.4. The predicted molar refractivity (Wildman–Crippen MR) is 145 cm³/mol. The summed E-state index contributed by atoms with van der Waals surface area (Å²) in [7, 11) is 1.62. The van der Waals surface area contributed by atoms with Crippen molar-refractivity contribution in [1.29, 1.82) is 0 Å². The molecule has 178 valence electrons. The predicted octanol–water partition coefficient (Wildman–Crippen LogP) is 6.47. The fourth-order valence-electron chi connectivity index (χ4n) is 3.76. The van der Waals surface area contributed by atoms with Gasteiger partial charge in [-0.3, -0.25) is 14.9 Å². The highest BCUT2D eigenvalue weighted by atomic mass is 32.2. The number of H-pyrrole nitrogens is 1. The summed E-state index contributed by atoms with van der Waals surface area (Å²) < 4.78 is 5.17. The van der Waals surface area contributed by atoms with Crippen LogP contribution in [0.3, 0.4) is 0 Å². The first-order valence-corrected chi connectivity index (χ1v) is 12.3.